The van der Waals surface area contributed by atoms with Gasteiger partial charge in [-0.2, -0.15) is 0 Å². The van der Waals surface area contributed by atoms with E-state index in [9.17, 15) is 28.8 Å². The summed E-state index contributed by atoms with van der Waals surface area (Å²) in [5.41, 5.74) is 5.26. The quantitative estimate of drug-likeness (QED) is 0.199. The number of ether oxygens (including phenoxy) is 2. The van der Waals surface area contributed by atoms with Gasteiger partial charge in [0.15, 0.2) is 0 Å². The molecule has 13 nitrogen and oxygen atoms in total. The lowest BCUT2D eigenvalue weighted by atomic mass is 10.1. The monoisotopic (exact) mass is 351 g/mol. The summed E-state index contributed by atoms with van der Waals surface area (Å²) in [5, 5.41) is 34.0. The van der Waals surface area contributed by atoms with Crippen molar-refractivity contribution < 1.29 is 58.7 Å². The van der Waals surface area contributed by atoms with Gasteiger partial charge in [-0.1, -0.05) is 0 Å². The van der Waals surface area contributed by atoms with E-state index in [-0.39, 0.29) is 0 Å². The number of carbonyl (C=O) groups excluding carboxylic acids is 2. The molecule has 0 saturated heterocycles. The standard InChI is InChI=1S/C11H13NO12/c12-3(11(22)24-6(9(18)19)10(20)21)1-2-4(13)23-5(7(14)15)8(16)17/h3,5-6H,1-2,12H2,(H,14,15)(H,16,17)(H,18,19)(H,20,21)/t3-/m0/s1. The van der Waals surface area contributed by atoms with E-state index < -0.39 is 66.9 Å². The van der Waals surface area contributed by atoms with Gasteiger partial charge < -0.3 is 35.6 Å². The van der Waals surface area contributed by atoms with Gasteiger partial charge in [0.1, 0.15) is 6.04 Å². The molecule has 0 aromatic heterocycles. The molecular formula is C11H13NO12. The first-order chi connectivity index (χ1) is 11.0. The fourth-order valence-electron chi connectivity index (χ4n) is 1.20. The average Bonchev–Trinajstić information content (AvgIpc) is 2.45. The van der Waals surface area contributed by atoms with Gasteiger partial charge in [-0.25, -0.2) is 19.2 Å². The third kappa shape index (κ3) is 6.69. The van der Waals surface area contributed by atoms with Gasteiger partial charge in [0.2, 0.25) is 0 Å². The number of carboxylic acid groups (broad SMARTS) is 4. The Morgan fingerprint density at radius 1 is 0.750 bits per heavy atom. The van der Waals surface area contributed by atoms with Crippen LogP contribution in [0.3, 0.4) is 0 Å². The van der Waals surface area contributed by atoms with Crippen molar-refractivity contribution >= 4 is 35.8 Å². The van der Waals surface area contributed by atoms with Gasteiger partial charge in [0, 0.05) is 6.42 Å². The molecule has 134 valence electrons. The van der Waals surface area contributed by atoms with E-state index in [1.54, 1.807) is 0 Å². The molecule has 0 aliphatic carbocycles. The van der Waals surface area contributed by atoms with Gasteiger partial charge in [-0.3, -0.25) is 9.59 Å². The molecule has 0 aliphatic heterocycles. The molecule has 0 aromatic carbocycles. The lowest BCUT2D eigenvalue weighted by molar-refractivity contribution is -0.176. The Morgan fingerprint density at radius 3 is 1.50 bits per heavy atom. The average molecular weight is 351 g/mol. The zero-order valence-corrected chi connectivity index (χ0v) is 11.8. The predicted octanol–water partition coefficient (Wildman–Crippen LogP) is -2.74. The molecule has 0 rings (SSSR count). The second kappa shape index (κ2) is 9.04. The maximum absolute atomic E-state index is 11.4. The molecule has 0 spiro atoms. The fourth-order valence-corrected chi connectivity index (χ4v) is 1.20. The first kappa shape index (κ1) is 20.8. The van der Waals surface area contributed by atoms with Crippen molar-refractivity contribution in [2.75, 3.05) is 0 Å². The minimum Gasteiger partial charge on any atom is -0.478 e. The Labute approximate surface area is 132 Å². The van der Waals surface area contributed by atoms with E-state index in [1.165, 1.54) is 0 Å². The fraction of sp³-hybridized carbons (Fsp3) is 0.455. The first-order valence-corrected chi connectivity index (χ1v) is 6.04. The Balaban J connectivity index is 4.54. The SMILES string of the molecule is N[C@@H](CCC(=O)OC(C(=O)O)C(=O)O)C(=O)OC(C(=O)O)C(=O)O. The van der Waals surface area contributed by atoms with Crippen LogP contribution in [0.2, 0.25) is 0 Å². The number of esters is 2. The van der Waals surface area contributed by atoms with Crippen molar-refractivity contribution in [2.45, 2.75) is 31.1 Å². The summed E-state index contributed by atoms with van der Waals surface area (Å²) < 4.78 is 8.25. The van der Waals surface area contributed by atoms with Crippen LogP contribution in [0.5, 0.6) is 0 Å². The van der Waals surface area contributed by atoms with E-state index in [0.29, 0.717) is 0 Å². The Morgan fingerprint density at radius 2 is 1.12 bits per heavy atom. The summed E-state index contributed by atoms with van der Waals surface area (Å²) in [7, 11) is 0. The number of rotatable bonds is 10. The molecular weight excluding hydrogens is 338 g/mol. The van der Waals surface area contributed by atoms with Crippen LogP contribution in [0.15, 0.2) is 0 Å². The van der Waals surface area contributed by atoms with Crippen LogP contribution < -0.4 is 5.73 Å². The highest BCUT2D eigenvalue weighted by atomic mass is 16.6. The van der Waals surface area contributed by atoms with Gasteiger partial charge in [-0.05, 0) is 6.42 Å². The zero-order valence-electron chi connectivity index (χ0n) is 11.8. The molecule has 0 aliphatic rings. The predicted molar refractivity (Wildman–Crippen MR) is 67.5 cm³/mol. The molecule has 1 atom stereocenters. The number of hydrogen-bond acceptors (Lipinski definition) is 9. The van der Waals surface area contributed by atoms with Crippen LogP contribution in [0.4, 0.5) is 0 Å². The molecule has 0 amide bonds. The number of hydrogen-bond donors (Lipinski definition) is 5. The lowest BCUT2D eigenvalue weighted by Gasteiger charge is -2.14. The van der Waals surface area contributed by atoms with Crippen LogP contribution >= 0.6 is 0 Å². The molecule has 0 saturated carbocycles. The van der Waals surface area contributed by atoms with Crippen LogP contribution in [0.1, 0.15) is 12.8 Å². The van der Waals surface area contributed by atoms with Crippen molar-refractivity contribution in [3.8, 4) is 0 Å². The highest BCUT2D eigenvalue weighted by Crippen LogP contribution is 2.05. The zero-order chi connectivity index (χ0) is 19.0. The second-order valence-electron chi connectivity index (χ2n) is 4.18. The Kier molecular flexibility index (Phi) is 7.83. The van der Waals surface area contributed by atoms with Crippen molar-refractivity contribution in [2.24, 2.45) is 5.73 Å². The van der Waals surface area contributed by atoms with Crippen molar-refractivity contribution in [3.63, 3.8) is 0 Å². The minimum atomic E-state index is -2.49. The normalized spacial score (nSPS) is 11.6. The molecule has 0 fully saturated rings. The molecule has 0 unspecified atom stereocenters. The molecule has 0 heterocycles. The van der Waals surface area contributed by atoms with Crippen molar-refractivity contribution in [1.29, 1.82) is 0 Å². The maximum atomic E-state index is 11.4. The summed E-state index contributed by atoms with van der Waals surface area (Å²) >= 11 is 0. The molecule has 6 N–H and O–H groups in total. The molecule has 0 aromatic rings. The molecule has 0 bridgehead atoms. The van der Waals surface area contributed by atoms with Gasteiger partial charge >= 0.3 is 35.8 Å². The lowest BCUT2D eigenvalue weighted by Crippen LogP contribution is -2.41. The Bertz CT molecular complexity index is 527. The van der Waals surface area contributed by atoms with E-state index >= 15 is 0 Å². The first-order valence-electron chi connectivity index (χ1n) is 6.04. The summed E-state index contributed by atoms with van der Waals surface area (Å²) in [6.45, 7) is 0. The molecule has 24 heavy (non-hydrogen) atoms. The molecule has 0 radical (unpaired) electrons. The molecule has 13 heteroatoms. The number of aliphatic carboxylic acids is 4. The number of carbonyl (C=O) groups is 6. The van der Waals surface area contributed by atoms with Crippen LogP contribution in [0, 0.1) is 0 Å². The Hall–Kier alpha value is -3.22. The topological polar surface area (TPSA) is 228 Å². The van der Waals surface area contributed by atoms with E-state index in [1.807, 2.05) is 0 Å². The van der Waals surface area contributed by atoms with E-state index in [4.69, 9.17) is 26.2 Å². The van der Waals surface area contributed by atoms with Gasteiger partial charge in [0.25, 0.3) is 12.2 Å². The summed E-state index contributed by atoms with van der Waals surface area (Å²) in [6.07, 6.45) is -6.16. The highest BCUT2D eigenvalue weighted by molar-refractivity contribution is 5.99. The number of nitrogens with two attached hydrogens (primary N) is 1. The largest absolute Gasteiger partial charge is 0.478 e. The summed E-state index contributed by atoms with van der Waals surface area (Å²) in [5.74, 6) is -10.5. The second-order valence-corrected chi connectivity index (χ2v) is 4.18. The minimum absolute atomic E-state index is 0.532. The smallest absolute Gasteiger partial charge is 0.356 e. The van der Waals surface area contributed by atoms with Gasteiger partial charge in [0.05, 0.1) is 0 Å². The third-order valence-electron chi connectivity index (χ3n) is 2.34. The van der Waals surface area contributed by atoms with E-state index in [2.05, 4.69) is 9.47 Å². The highest BCUT2D eigenvalue weighted by Gasteiger charge is 2.33. The van der Waals surface area contributed by atoms with Crippen molar-refractivity contribution in [1.82, 2.24) is 0 Å². The van der Waals surface area contributed by atoms with Crippen LogP contribution in [-0.2, 0) is 38.2 Å². The number of carboxylic acids is 4. The summed E-state index contributed by atoms with van der Waals surface area (Å²) in [4.78, 5) is 64.7. The van der Waals surface area contributed by atoms with Crippen LogP contribution in [-0.4, -0.2) is 74.5 Å². The van der Waals surface area contributed by atoms with Gasteiger partial charge in [-0.15, -0.1) is 0 Å². The van der Waals surface area contributed by atoms with Crippen LogP contribution in [0.25, 0.3) is 0 Å². The third-order valence-corrected chi connectivity index (χ3v) is 2.34. The van der Waals surface area contributed by atoms with E-state index in [0.717, 1.165) is 0 Å². The van der Waals surface area contributed by atoms with Crippen molar-refractivity contribution in [3.05, 3.63) is 0 Å². The summed E-state index contributed by atoms with van der Waals surface area (Å²) in [6, 6.07) is -1.62. The maximum Gasteiger partial charge on any atom is 0.356 e.